The van der Waals surface area contributed by atoms with Crippen LogP contribution in [0.4, 0.5) is 4.39 Å². The molecular weight excluding hydrogens is 141 g/mol. The molecule has 0 atom stereocenters. The minimum Gasteiger partial charge on any atom is -0.258 e. The molecule has 0 saturated carbocycles. The van der Waals surface area contributed by atoms with Crippen LogP contribution >= 0.6 is 0 Å². The Bertz CT molecular complexity index is 221. The molecule has 0 amide bonds. The highest BCUT2D eigenvalue weighted by atomic mass is 19.1. The van der Waals surface area contributed by atoms with Crippen molar-refractivity contribution in [1.82, 2.24) is 4.98 Å². The molecule has 0 spiro atoms. The van der Waals surface area contributed by atoms with Gasteiger partial charge in [-0.2, -0.15) is 0 Å². The molecule has 0 saturated heterocycles. The Morgan fingerprint density at radius 3 is 2.18 bits per heavy atom. The summed E-state index contributed by atoms with van der Waals surface area (Å²) >= 11 is 0. The lowest BCUT2D eigenvalue weighted by atomic mass is 10.2. The third-order valence-corrected chi connectivity index (χ3v) is 1.31. The van der Waals surface area contributed by atoms with E-state index in [0.717, 1.165) is 11.3 Å². The smallest absolute Gasteiger partial charge is 0.141 e. The van der Waals surface area contributed by atoms with Gasteiger partial charge >= 0.3 is 0 Å². The molecule has 1 rings (SSSR count). The van der Waals surface area contributed by atoms with Gasteiger partial charge in [0.25, 0.3) is 0 Å². The Balaban J connectivity index is 0.000000461. The summed E-state index contributed by atoms with van der Waals surface area (Å²) in [5, 5.41) is 0. The largest absolute Gasteiger partial charge is 0.258 e. The number of halogens is 1. The summed E-state index contributed by atoms with van der Waals surface area (Å²) in [4.78, 5) is 3.80. The van der Waals surface area contributed by atoms with Crippen molar-refractivity contribution in [3.8, 4) is 0 Å². The van der Waals surface area contributed by atoms with Gasteiger partial charge in [0.05, 0.1) is 6.20 Å². The van der Waals surface area contributed by atoms with Gasteiger partial charge in [0.1, 0.15) is 5.82 Å². The van der Waals surface area contributed by atoms with Gasteiger partial charge in [-0.3, -0.25) is 4.98 Å². The number of rotatable bonds is 0. The standard InChI is InChI=1S/C7H8FN.C2H6/c1-5-3-7(8)4-9-6(5)2;1-2/h3-4H,1-2H3;1-2H3. The van der Waals surface area contributed by atoms with Crippen molar-refractivity contribution in [3.63, 3.8) is 0 Å². The second-order valence-electron chi connectivity index (χ2n) is 2.06. The highest BCUT2D eigenvalue weighted by Crippen LogP contribution is 2.03. The molecule has 0 fully saturated rings. The summed E-state index contributed by atoms with van der Waals surface area (Å²) < 4.78 is 12.3. The van der Waals surface area contributed by atoms with Gasteiger partial charge in [0, 0.05) is 5.69 Å². The number of hydrogen-bond acceptors (Lipinski definition) is 1. The highest BCUT2D eigenvalue weighted by Gasteiger charge is 1.93. The fourth-order valence-electron chi connectivity index (χ4n) is 0.609. The molecule has 0 N–H and O–H groups in total. The van der Waals surface area contributed by atoms with Crippen LogP contribution in [-0.2, 0) is 0 Å². The SMILES string of the molecule is CC.Cc1cc(F)cnc1C. The van der Waals surface area contributed by atoms with Gasteiger partial charge in [-0.15, -0.1) is 0 Å². The number of hydrogen-bond donors (Lipinski definition) is 0. The second kappa shape index (κ2) is 4.83. The Morgan fingerprint density at radius 2 is 1.82 bits per heavy atom. The monoisotopic (exact) mass is 155 g/mol. The fraction of sp³-hybridized carbons (Fsp3) is 0.444. The van der Waals surface area contributed by atoms with Crippen molar-refractivity contribution in [2.45, 2.75) is 27.7 Å². The summed E-state index contributed by atoms with van der Waals surface area (Å²) in [6.45, 7) is 7.69. The maximum absolute atomic E-state index is 12.3. The average Bonchev–Trinajstić information content (AvgIpc) is 2.02. The molecule has 62 valence electrons. The van der Waals surface area contributed by atoms with Crippen LogP contribution in [0.3, 0.4) is 0 Å². The second-order valence-corrected chi connectivity index (χ2v) is 2.06. The van der Waals surface area contributed by atoms with E-state index in [0.29, 0.717) is 0 Å². The molecule has 0 aromatic carbocycles. The predicted octanol–water partition coefficient (Wildman–Crippen LogP) is 2.86. The summed E-state index contributed by atoms with van der Waals surface area (Å²) in [5.41, 5.74) is 1.78. The molecular formula is C9H14FN. The maximum atomic E-state index is 12.3. The van der Waals surface area contributed by atoms with Crippen LogP contribution in [0.15, 0.2) is 12.3 Å². The first-order valence-electron chi connectivity index (χ1n) is 3.79. The average molecular weight is 155 g/mol. The van der Waals surface area contributed by atoms with Crippen LogP contribution in [0.25, 0.3) is 0 Å². The van der Waals surface area contributed by atoms with Crippen molar-refractivity contribution < 1.29 is 4.39 Å². The predicted molar refractivity (Wildman–Crippen MR) is 45.0 cm³/mol. The first-order chi connectivity index (χ1) is 5.20. The van der Waals surface area contributed by atoms with E-state index in [4.69, 9.17) is 0 Å². The van der Waals surface area contributed by atoms with Crippen LogP contribution in [0.5, 0.6) is 0 Å². The fourth-order valence-corrected chi connectivity index (χ4v) is 0.609. The van der Waals surface area contributed by atoms with E-state index >= 15 is 0 Å². The third-order valence-electron chi connectivity index (χ3n) is 1.31. The Morgan fingerprint density at radius 1 is 1.27 bits per heavy atom. The van der Waals surface area contributed by atoms with E-state index in [2.05, 4.69) is 4.98 Å². The van der Waals surface area contributed by atoms with Crippen molar-refractivity contribution in [3.05, 3.63) is 29.3 Å². The van der Waals surface area contributed by atoms with E-state index in [9.17, 15) is 4.39 Å². The van der Waals surface area contributed by atoms with Gasteiger partial charge in [-0.25, -0.2) is 4.39 Å². The van der Waals surface area contributed by atoms with E-state index in [1.807, 2.05) is 27.7 Å². The van der Waals surface area contributed by atoms with Crippen molar-refractivity contribution in [2.24, 2.45) is 0 Å². The minimum atomic E-state index is -0.266. The zero-order chi connectivity index (χ0) is 8.85. The Labute approximate surface area is 67.3 Å². The molecule has 1 aromatic heterocycles. The summed E-state index contributed by atoms with van der Waals surface area (Å²) in [6.07, 6.45) is 1.22. The Kier molecular flexibility index (Phi) is 4.42. The molecule has 0 unspecified atom stereocenters. The molecule has 2 heteroatoms. The van der Waals surface area contributed by atoms with Crippen LogP contribution < -0.4 is 0 Å². The van der Waals surface area contributed by atoms with Crippen LogP contribution in [0, 0.1) is 19.7 Å². The molecule has 0 aliphatic rings. The Hall–Kier alpha value is -0.920. The van der Waals surface area contributed by atoms with Crippen molar-refractivity contribution in [1.29, 1.82) is 0 Å². The van der Waals surface area contributed by atoms with Crippen LogP contribution in [-0.4, -0.2) is 4.98 Å². The van der Waals surface area contributed by atoms with Gasteiger partial charge in [0.2, 0.25) is 0 Å². The van der Waals surface area contributed by atoms with Gasteiger partial charge < -0.3 is 0 Å². The molecule has 1 nitrogen and oxygen atoms in total. The van der Waals surface area contributed by atoms with E-state index < -0.39 is 0 Å². The van der Waals surface area contributed by atoms with Gasteiger partial charge in [0.15, 0.2) is 0 Å². The number of pyridine rings is 1. The third kappa shape index (κ3) is 3.12. The lowest BCUT2D eigenvalue weighted by Crippen LogP contribution is -1.86. The van der Waals surface area contributed by atoms with Gasteiger partial charge in [-0.05, 0) is 25.5 Å². The molecule has 1 heterocycles. The zero-order valence-electron chi connectivity index (χ0n) is 7.48. The maximum Gasteiger partial charge on any atom is 0.141 e. The van der Waals surface area contributed by atoms with Crippen LogP contribution in [0.1, 0.15) is 25.1 Å². The molecule has 0 bridgehead atoms. The first kappa shape index (κ1) is 10.1. The molecule has 0 aliphatic heterocycles. The van der Waals surface area contributed by atoms with E-state index in [1.165, 1.54) is 12.3 Å². The topological polar surface area (TPSA) is 12.9 Å². The normalized spacial score (nSPS) is 8.45. The van der Waals surface area contributed by atoms with Crippen molar-refractivity contribution in [2.75, 3.05) is 0 Å². The zero-order valence-corrected chi connectivity index (χ0v) is 7.48. The number of aryl methyl sites for hydroxylation is 2. The molecule has 1 aromatic rings. The van der Waals surface area contributed by atoms with E-state index in [1.54, 1.807) is 0 Å². The molecule has 0 radical (unpaired) electrons. The van der Waals surface area contributed by atoms with Gasteiger partial charge in [-0.1, -0.05) is 13.8 Å². The lowest BCUT2D eigenvalue weighted by Gasteiger charge is -1.95. The van der Waals surface area contributed by atoms with Crippen LogP contribution in [0.2, 0.25) is 0 Å². The highest BCUT2D eigenvalue weighted by molar-refractivity contribution is 5.16. The number of aromatic nitrogens is 1. The summed E-state index contributed by atoms with van der Waals surface area (Å²) in [5.74, 6) is -0.266. The summed E-state index contributed by atoms with van der Waals surface area (Å²) in [6, 6.07) is 1.47. The quantitative estimate of drug-likeness (QED) is 0.561. The molecule has 11 heavy (non-hydrogen) atoms. The first-order valence-corrected chi connectivity index (χ1v) is 3.79. The number of nitrogens with zero attached hydrogens (tertiary/aromatic N) is 1. The lowest BCUT2D eigenvalue weighted by molar-refractivity contribution is 0.618. The minimum absolute atomic E-state index is 0.266. The van der Waals surface area contributed by atoms with E-state index in [-0.39, 0.29) is 5.82 Å². The molecule has 0 aliphatic carbocycles. The summed E-state index contributed by atoms with van der Waals surface area (Å²) in [7, 11) is 0. The van der Waals surface area contributed by atoms with Crippen molar-refractivity contribution >= 4 is 0 Å².